The largest absolute Gasteiger partial charge is 0.454 e. The van der Waals surface area contributed by atoms with Gasteiger partial charge in [0.05, 0.1) is 11.1 Å². The molecule has 7 heteroatoms. The molecule has 0 unspecified atom stereocenters. The molecule has 0 radical (unpaired) electrons. The summed E-state index contributed by atoms with van der Waals surface area (Å²) in [6.07, 6.45) is 0. The van der Waals surface area contributed by atoms with E-state index in [2.05, 4.69) is 5.32 Å². The maximum absolute atomic E-state index is 12.3. The van der Waals surface area contributed by atoms with E-state index in [4.69, 9.17) is 4.74 Å². The first-order valence-electron chi connectivity index (χ1n) is 8.17. The van der Waals surface area contributed by atoms with Crippen LogP contribution in [-0.2, 0) is 14.3 Å². The number of esters is 1. The van der Waals surface area contributed by atoms with E-state index in [0.29, 0.717) is 0 Å². The molecule has 0 bridgehead atoms. The van der Waals surface area contributed by atoms with Gasteiger partial charge in [0, 0.05) is 6.04 Å². The number of nitrogens with one attached hydrogen (secondary N) is 1. The fourth-order valence-corrected chi connectivity index (χ4v) is 2.38. The molecule has 0 saturated carbocycles. The van der Waals surface area contributed by atoms with Gasteiger partial charge >= 0.3 is 5.97 Å². The summed E-state index contributed by atoms with van der Waals surface area (Å²) in [5, 5.41) is 2.71. The first-order chi connectivity index (χ1) is 11.7. The molecule has 0 spiro atoms. The van der Waals surface area contributed by atoms with Crippen molar-refractivity contribution in [2.75, 3.05) is 6.61 Å². The molecule has 1 aliphatic heterocycles. The van der Waals surface area contributed by atoms with Gasteiger partial charge in [-0.1, -0.05) is 26.0 Å². The maximum atomic E-state index is 12.3. The highest BCUT2D eigenvalue weighted by atomic mass is 16.5. The van der Waals surface area contributed by atoms with Crippen LogP contribution in [0.2, 0.25) is 0 Å². The Morgan fingerprint density at radius 1 is 1.04 bits per heavy atom. The van der Waals surface area contributed by atoms with E-state index in [9.17, 15) is 19.2 Å². The van der Waals surface area contributed by atoms with Crippen LogP contribution >= 0.6 is 0 Å². The molecule has 1 aliphatic rings. The topological polar surface area (TPSA) is 92.8 Å². The van der Waals surface area contributed by atoms with E-state index >= 15 is 0 Å². The van der Waals surface area contributed by atoms with Crippen molar-refractivity contribution in [2.45, 2.75) is 39.8 Å². The van der Waals surface area contributed by atoms with Crippen molar-refractivity contribution in [2.24, 2.45) is 5.92 Å². The Kier molecular flexibility index (Phi) is 5.56. The molecular weight excluding hydrogens is 324 g/mol. The number of imide groups is 1. The average Bonchev–Trinajstić information content (AvgIpc) is 2.83. The lowest BCUT2D eigenvalue weighted by molar-refractivity contribution is -0.152. The van der Waals surface area contributed by atoms with Gasteiger partial charge in [0.15, 0.2) is 6.61 Å². The minimum Gasteiger partial charge on any atom is -0.454 e. The number of fused-ring (bicyclic) bond motifs is 1. The van der Waals surface area contributed by atoms with E-state index in [0.717, 1.165) is 4.90 Å². The number of nitrogens with zero attached hydrogens (tertiary/aromatic N) is 1. The van der Waals surface area contributed by atoms with Crippen LogP contribution in [0.5, 0.6) is 0 Å². The fraction of sp³-hybridized carbons (Fsp3) is 0.444. The molecule has 0 aliphatic carbocycles. The summed E-state index contributed by atoms with van der Waals surface area (Å²) in [5.74, 6) is -2.06. The molecule has 0 saturated heterocycles. The second-order valence-corrected chi connectivity index (χ2v) is 6.41. The fourth-order valence-electron chi connectivity index (χ4n) is 2.38. The van der Waals surface area contributed by atoms with Crippen molar-refractivity contribution in [3.63, 3.8) is 0 Å². The minimum absolute atomic E-state index is 0.0557. The van der Waals surface area contributed by atoms with Crippen LogP contribution in [0.1, 0.15) is 48.4 Å². The third-order valence-electron chi connectivity index (χ3n) is 4.29. The molecule has 0 aromatic heterocycles. The number of benzene rings is 1. The molecule has 25 heavy (non-hydrogen) atoms. The first-order valence-corrected chi connectivity index (χ1v) is 8.17. The number of carbonyl (C=O) groups excluding carboxylic acids is 4. The highest BCUT2D eigenvalue weighted by Gasteiger charge is 2.41. The third-order valence-corrected chi connectivity index (χ3v) is 4.29. The van der Waals surface area contributed by atoms with Gasteiger partial charge in [-0.05, 0) is 31.9 Å². The van der Waals surface area contributed by atoms with Crippen LogP contribution in [0.15, 0.2) is 24.3 Å². The Morgan fingerprint density at radius 2 is 1.56 bits per heavy atom. The molecule has 2 atom stereocenters. The number of carbonyl (C=O) groups is 4. The monoisotopic (exact) mass is 346 g/mol. The Hall–Kier alpha value is -2.70. The number of hydrogen-bond acceptors (Lipinski definition) is 5. The van der Waals surface area contributed by atoms with Gasteiger partial charge in [0.2, 0.25) is 0 Å². The van der Waals surface area contributed by atoms with Gasteiger partial charge in [-0.2, -0.15) is 0 Å². The molecule has 7 nitrogen and oxygen atoms in total. The number of rotatable bonds is 6. The van der Waals surface area contributed by atoms with Crippen LogP contribution in [-0.4, -0.2) is 47.3 Å². The van der Waals surface area contributed by atoms with E-state index in [1.54, 1.807) is 12.1 Å². The van der Waals surface area contributed by atoms with Crippen LogP contribution in [0.25, 0.3) is 0 Å². The summed E-state index contributed by atoms with van der Waals surface area (Å²) in [7, 11) is 0. The van der Waals surface area contributed by atoms with E-state index in [1.165, 1.54) is 19.1 Å². The van der Waals surface area contributed by atoms with Gasteiger partial charge in [-0.25, -0.2) is 4.79 Å². The van der Waals surface area contributed by atoms with E-state index in [-0.39, 0.29) is 23.1 Å². The SMILES string of the molecule is CC(C)[C@@H](C)NC(=O)COC(=O)[C@@H](C)N1C(=O)c2ccccc2C1=O. The van der Waals surface area contributed by atoms with Crippen LogP contribution < -0.4 is 5.32 Å². The molecule has 1 heterocycles. The van der Waals surface area contributed by atoms with Crippen molar-refractivity contribution >= 4 is 23.7 Å². The van der Waals surface area contributed by atoms with Crippen LogP contribution in [0.3, 0.4) is 0 Å². The summed E-state index contributed by atoms with van der Waals surface area (Å²) in [6.45, 7) is 6.72. The van der Waals surface area contributed by atoms with Gasteiger partial charge in [-0.3, -0.25) is 19.3 Å². The maximum Gasteiger partial charge on any atom is 0.329 e. The Bertz CT molecular complexity index is 678. The number of ether oxygens (including phenoxy) is 1. The smallest absolute Gasteiger partial charge is 0.329 e. The zero-order valence-corrected chi connectivity index (χ0v) is 14.7. The molecule has 2 rings (SSSR count). The van der Waals surface area contributed by atoms with Gasteiger partial charge in [0.25, 0.3) is 17.7 Å². The predicted octanol–water partition coefficient (Wildman–Crippen LogP) is 1.37. The summed E-state index contributed by atoms with van der Waals surface area (Å²) in [6, 6.07) is 5.21. The molecule has 3 amide bonds. The summed E-state index contributed by atoms with van der Waals surface area (Å²) >= 11 is 0. The summed E-state index contributed by atoms with van der Waals surface area (Å²) in [5.41, 5.74) is 0.520. The minimum atomic E-state index is -1.11. The molecule has 134 valence electrons. The zero-order chi connectivity index (χ0) is 18.7. The predicted molar refractivity (Wildman–Crippen MR) is 89.8 cm³/mol. The normalized spacial score (nSPS) is 15.8. The van der Waals surface area contributed by atoms with Crippen molar-refractivity contribution < 1.29 is 23.9 Å². The van der Waals surface area contributed by atoms with Crippen molar-refractivity contribution in [1.29, 1.82) is 0 Å². The number of hydrogen-bond donors (Lipinski definition) is 1. The van der Waals surface area contributed by atoms with E-state index < -0.39 is 36.3 Å². The Morgan fingerprint density at radius 3 is 2.04 bits per heavy atom. The Balaban J connectivity index is 1.96. The highest BCUT2D eigenvalue weighted by molar-refractivity contribution is 6.22. The second-order valence-electron chi connectivity index (χ2n) is 6.41. The van der Waals surface area contributed by atoms with Gasteiger partial charge in [0.1, 0.15) is 6.04 Å². The first kappa shape index (κ1) is 18.6. The highest BCUT2D eigenvalue weighted by Crippen LogP contribution is 2.24. The molecule has 0 fully saturated rings. The quantitative estimate of drug-likeness (QED) is 0.620. The van der Waals surface area contributed by atoms with Crippen molar-refractivity contribution in [1.82, 2.24) is 10.2 Å². The Labute approximate surface area is 146 Å². The molecular formula is C18H22N2O5. The average molecular weight is 346 g/mol. The molecule has 1 aromatic carbocycles. The standard InChI is InChI=1S/C18H22N2O5/c1-10(2)11(3)19-15(21)9-25-18(24)12(4)20-16(22)13-7-5-6-8-14(13)17(20)23/h5-8,10-12H,9H2,1-4H3,(H,19,21)/t11-,12-/m1/s1. The lowest BCUT2D eigenvalue weighted by atomic mass is 10.1. The second kappa shape index (κ2) is 7.46. The van der Waals surface area contributed by atoms with Crippen molar-refractivity contribution in [3.8, 4) is 0 Å². The zero-order valence-electron chi connectivity index (χ0n) is 14.7. The number of amides is 3. The lowest BCUT2D eigenvalue weighted by Crippen LogP contribution is -2.45. The van der Waals surface area contributed by atoms with Gasteiger partial charge < -0.3 is 10.1 Å². The molecule has 1 aromatic rings. The third kappa shape index (κ3) is 3.87. The van der Waals surface area contributed by atoms with Crippen molar-refractivity contribution in [3.05, 3.63) is 35.4 Å². The summed E-state index contributed by atoms with van der Waals surface area (Å²) in [4.78, 5) is 49.4. The molecule has 1 N–H and O–H groups in total. The van der Waals surface area contributed by atoms with Crippen LogP contribution in [0.4, 0.5) is 0 Å². The van der Waals surface area contributed by atoms with Gasteiger partial charge in [-0.15, -0.1) is 0 Å². The summed E-state index contributed by atoms with van der Waals surface area (Å²) < 4.78 is 4.96. The van der Waals surface area contributed by atoms with E-state index in [1.807, 2.05) is 20.8 Å². The van der Waals surface area contributed by atoms with Crippen LogP contribution in [0, 0.1) is 5.92 Å². The lowest BCUT2D eigenvalue weighted by Gasteiger charge is -2.21.